The van der Waals surface area contributed by atoms with E-state index in [1.54, 1.807) is 16.9 Å². The highest BCUT2D eigenvalue weighted by Crippen LogP contribution is 2.24. The van der Waals surface area contributed by atoms with Crippen LogP contribution >= 0.6 is 0 Å². The van der Waals surface area contributed by atoms with Crippen LogP contribution in [0.5, 0.6) is 0 Å². The lowest BCUT2D eigenvalue weighted by Gasteiger charge is -2.26. The van der Waals surface area contributed by atoms with Gasteiger partial charge in [0.25, 0.3) is 0 Å². The molecule has 8 nitrogen and oxygen atoms in total. The minimum absolute atomic E-state index is 0.646. The van der Waals surface area contributed by atoms with Crippen molar-refractivity contribution in [2.75, 3.05) is 6.54 Å². The Kier molecular flexibility index (Phi) is 4.11. The van der Waals surface area contributed by atoms with Crippen LogP contribution in [0.4, 0.5) is 0 Å². The predicted octanol–water partition coefficient (Wildman–Crippen LogP) is 1.22. The van der Waals surface area contributed by atoms with E-state index in [9.17, 15) is 5.11 Å². The van der Waals surface area contributed by atoms with Gasteiger partial charge in [0.2, 0.25) is 0 Å². The normalized spacial score (nSPS) is 15.6. The zero-order valence-electron chi connectivity index (χ0n) is 14.8. The van der Waals surface area contributed by atoms with Gasteiger partial charge in [-0.2, -0.15) is 15.5 Å². The quantitative estimate of drug-likeness (QED) is 0.736. The van der Waals surface area contributed by atoms with Crippen LogP contribution in [0.3, 0.4) is 0 Å². The summed E-state index contributed by atoms with van der Waals surface area (Å²) in [6.07, 6.45) is 0.891. The van der Waals surface area contributed by atoms with Crippen molar-refractivity contribution in [3.63, 3.8) is 0 Å². The minimum Gasteiger partial charge on any atom is -0.380 e. The minimum atomic E-state index is -0.779. The fourth-order valence-electron chi connectivity index (χ4n) is 3.48. The number of aliphatic hydroxyl groups is 1. The molecule has 0 saturated heterocycles. The third-order valence-electron chi connectivity index (χ3n) is 4.90. The first-order valence-corrected chi connectivity index (χ1v) is 8.58. The van der Waals surface area contributed by atoms with Crippen LogP contribution in [0.2, 0.25) is 0 Å². The third kappa shape index (κ3) is 2.92. The molecule has 4 rings (SSSR count). The van der Waals surface area contributed by atoms with Crippen molar-refractivity contribution in [3.05, 3.63) is 58.4 Å². The van der Waals surface area contributed by atoms with E-state index in [0.717, 1.165) is 49.0 Å². The summed E-state index contributed by atoms with van der Waals surface area (Å²) < 4.78 is 3.63. The summed E-state index contributed by atoms with van der Waals surface area (Å²) in [5, 5.41) is 28.4. The Morgan fingerprint density at radius 2 is 2.23 bits per heavy atom. The average Bonchev–Trinajstić information content (AvgIpc) is 3.32. The van der Waals surface area contributed by atoms with Crippen LogP contribution in [-0.2, 0) is 26.7 Å². The molecule has 0 spiro atoms. The first-order chi connectivity index (χ1) is 12.5. The second kappa shape index (κ2) is 6.44. The Morgan fingerprint density at radius 1 is 1.38 bits per heavy atom. The molecule has 0 aromatic carbocycles. The molecule has 0 saturated carbocycles. The Labute approximate surface area is 151 Å². The summed E-state index contributed by atoms with van der Waals surface area (Å²) in [7, 11) is 1.81. The van der Waals surface area contributed by atoms with Crippen LogP contribution in [0.15, 0.2) is 24.4 Å². The van der Waals surface area contributed by atoms with Crippen molar-refractivity contribution >= 4 is 0 Å². The smallest absolute Gasteiger partial charge is 0.139 e. The maximum absolute atomic E-state index is 10.6. The molecule has 4 heterocycles. The number of hydrogen-bond acceptors (Lipinski definition) is 5. The van der Waals surface area contributed by atoms with Gasteiger partial charge in [0.05, 0.1) is 29.2 Å². The molecule has 2 N–H and O–H groups in total. The van der Waals surface area contributed by atoms with E-state index in [1.165, 1.54) is 0 Å². The standard InChI is InChI=1S/C18H21N7O/c1-12-13(9-19)7-14(21-12)10-24-5-6-25-15(11-24)8-16(22-25)18(26)17-3-4-20-23(17)2/h3-4,7-8,18,21,26H,5-6,10-11H2,1-2H3/t18-/m1/s1. The summed E-state index contributed by atoms with van der Waals surface area (Å²) in [6.45, 7) is 5.08. The monoisotopic (exact) mass is 351 g/mol. The van der Waals surface area contributed by atoms with Crippen molar-refractivity contribution in [1.29, 1.82) is 5.26 Å². The number of H-pyrrole nitrogens is 1. The zero-order chi connectivity index (χ0) is 18.3. The molecular weight excluding hydrogens is 330 g/mol. The van der Waals surface area contributed by atoms with E-state index in [4.69, 9.17) is 5.26 Å². The number of fused-ring (bicyclic) bond motifs is 1. The average molecular weight is 351 g/mol. The van der Waals surface area contributed by atoms with E-state index in [-0.39, 0.29) is 0 Å². The van der Waals surface area contributed by atoms with Crippen molar-refractivity contribution in [2.45, 2.75) is 32.7 Å². The number of aryl methyl sites for hydroxylation is 2. The number of nitriles is 1. The number of nitrogens with one attached hydrogen (secondary N) is 1. The van der Waals surface area contributed by atoms with Crippen LogP contribution in [0.25, 0.3) is 0 Å². The second-order valence-electron chi connectivity index (χ2n) is 6.72. The third-order valence-corrected chi connectivity index (χ3v) is 4.90. The summed E-state index contributed by atoms with van der Waals surface area (Å²) in [6, 6.07) is 7.88. The van der Waals surface area contributed by atoms with E-state index < -0.39 is 6.10 Å². The predicted molar refractivity (Wildman–Crippen MR) is 93.9 cm³/mol. The van der Waals surface area contributed by atoms with Gasteiger partial charge < -0.3 is 10.1 Å². The maximum Gasteiger partial charge on any atom is 0.139 e. The molecular formula is C18H21N7O. The topological polar surface area (TPSA) is 98.7 Å². The number of hydrogen-bond donors (Lipinski definition) is 2. The molecule has 3 aromatic rings. The Bertz CT molecular complexity index is 974. The van der Waals surface area contributed by atoms with Crippen molar-refractivity contribution in [2.24, 2.45) is 7.05 Å². The molecule has 0 amide bonds. The van der Waals surface area contributed by atoms with Crippen LogP contribution in [-0.4, -0.2) is 41.1 Å². The number of nitrogens with zero attached hydrogens (tertiary/aromatic N) is 6. The first kappa shape index (κ1) is 16.6. The molecule has 8 heteroatoms. The lowest BCUT2D eigenvalue weighted by Crippen LogP contribution is -2.33. The Balaban J connectivity index is 1.50. The molecule has 26 heavy (non-hydrogen) atoms. The van der Waals surface area contributed by atoms with Gasteiger partial charge in [-0.3, -0.25) is 14.3 Å². The summed E-state index contributed by atoms with van der Waals surface area (Å²) in [4.78, 5) is 5.59. The lowest BCUT2D eigenvalue weighted by molar-refractivity contribution is 0.195. The second-order valence-corrected chi connectivity index (χ2v) is 6.72. The first-order valence-electron chi connectivity index (χ1n) is 8.58. The fraction of sp³-hybridized carbons (Fsp3) is 0.389. The molecule has 1 aliphatic heterocycles. The zero-order valence-corrected chi connectivity index (χ0v) is 14.8. The molecule has 0 fully saturated rings. The van der Waals surface area contributed by atoms with Gasteiger partial charge in [-0.15, -0.1) is 0 Å². The van der Waals surface area contributed by atoms with Gasteiger partial charge >= 0.3 is 0 Å². The van der Waals surface area contributed by atoms with Gasteiger partial charge in [0, 0.05) is 44.3 Å². The highest BCUT2D eigenvalue weighted by molar-refractivity contribution is 5.36. The molecule has 0 radical (unpaired) electrons. The molecule has 1 atom stereocenters. The summed E-state index contributed by atoms with van der Waals surface area (Å²) >= 11 is 0. The molecule has 0 unspecified atom stereocenters. The van der Waals surface area contributed by atoms with Gasteiger partial charge in [0.15, 0.2) is 0 Å². The number of aromatic amines is 1. The summed E-state index contributed by atoms with van der Waals surface area (Å²) in [5.74, 6) is 0. The van der Waals surface area contributed by atoms with Crippen LogP contribution in [0, 0.1) is 18.3 Å². The van der Waals surface area contributed by atoms with E-state index in [1.807, 2.05) is 30.8 Å². The van der Waals surface area contributed by atoms with Crippen LogP contribution < -0.4 is 0 Å². The number of rotatable bonds is 4. The van der Waals surface area contributed by atoms with E-state index in [0.29, 0.717) is 11.3 Å². The number of aliphatic hydroxyl groups excluding tert-OH is 1. The number of aromatic nitrogens is 5. The largest absolute Gasteiger partial charge is 0.380 e. The Morgan fingerprint density at radius 3 is 2.92 bits per heavy atom. The maximum atomic E-state index is 10.6. The van der Waals surface area contributed by atoms with Gasteiger partial charge in [0.1, 0.15) is 12.2 Å². The highest BCUT2D eigenvalue weighted by atomic mass is 16.3. The Hall–Kier alpha value is -2.89. The van der Waals surface area contributed by atoms with Gasteiger partial charge in [-0.1, -0.05) is 0 Å². The van der Waals surface area contributed by atoms with E-state index in [2.05, 4.69) is 26.2 Å². The van der Waals surface area contributed by atoms with E-state index >= 15 is 0 Å². The van der Waals surface area contributed by atoms with Crippen molar-refractivity contribution in [1.82, 2.24) is 29.4 Å². The highest BCUT2D eigenvalue weighted by Gasteiger charge is 2.23. The molecule has 134 valence electrons. The lowest BCUT2D eigenvalue weighted by atomic mass is 10.1. The fourth-order valence-corrected chi connectivity index (χ4v) is 3.48. The van der Waals surface area contributed by atoms with Crippen LogP contribution in [0.1, 0.15) is 40.1 Å². The molecule has 0 bridgehead atoms. The molecule has 3 aromatic heterocycles. The SMILES string of the molecule is Cc1[nH]c(CN2CCn3nc([C@@H](O)c4ccnn4C)cc3C2)cc1C#N. The van der Waals surface area contributed by atoms with Gasteiger partial charge in [-0.05, 0) is 25.1 Å². The molecule has 1 aliphatic rings. The van der Waals surface area contributed by atoms with Crippen molar-refractivity contribution in [3.8, 4) is 6.07 Å². The molecule has 0 aliphatic carbocycles. The summed E-state index contributed by atoms with van der Waals surface area (Å²) in [5.41, 5.74) is 5.10. The van der Waals surface area contributed by atoms with Gasteiger partial charge in [-0.25, -0.2) is 0 Å². The van der Waals surface area contributed by atoms with Crippen molar-refractivity contribution < 1.29 is 5.11 Å².